The molecule has 208 valence electrons. The minimum Gasteiger partial charge on any atom is -0.394 e. The summed E-state index contributed by atoms with van der Waals surface area (Å²) in [7, 11) is 0. The molecule has 13 nitrogen and oxygen atoms in total. The van der Waals surface area contributed by atoms with Gasteiger partial charge in [-0.3, -0.25) is 34.6 Å². The van der Waals surface area contributed by atoms with Gasteiger partial charge >= 0.3 is 22.5 Å². The van der Waals surface area contributed by atoms with E-state index in [0.717, 1.165) is 12.0 Å². The highest BCUT2D eigenvalue weighted by atomic mass is 16.6. The van der Waals surface area contributed by atoms with E-state index >= 15 is 0 Å². The second-order valence-corrected chi connectivity index (χ2v) is 9.10. The number of nitrogens with one attached hydrogen (secondary N) is 1. The lowest BCUT2D eigenvalue weighted by Crippen LogP contribution is -2.23. The lowest BCUT2D eigenvalue weighted by molar-refractivity contribution is -0.386. The number of rotatable bonds is 4. The first kappa shape index (κ1) is 33.4. The van der Waals surface area contributed by atoms with Crippen molar-refractivity contribution in [1.82, 2.24) is 14.1 Å². The molecule has 0 bridgehead atoms. The van der Waals surface area contributed by atoms with E-state index in [1.165, 1.54) is 29.0 Å². The van der Waals surface area contributed by atoms with Crippen molar-refractivity contribution >= 4 is 17.1 Å². The zero-order valence-electron chi connectivity index (χ0n) is 22.7. The molecule has 0 radical (unpaired) electrons. The summed E-state index contributed by atoms with van der Waals surface area (Å²) in [5.74, 6) is 0.833. The fourth-order valence-corrected chi connectivity index (χ4v) is 2.53. The van der Waals surface area contributed by atoms with Crippen LogP contribution in [0, 0.1) is 26.1 Å². The Kier molecular flexibility index (Phi) is 14.3. The van der Waals surface area contributed by atoms with Gasteiger partial charge in [-0.15, -0.1) is 0 Å². The molecule has 0 aliphatic heterocycles. The molecule has 3 aromatic heterocycles. The number of nitrogens with zero attached hydrogens (tertiary/aromatic N) is 4. The molecule has 13 heteroatoms. The van der Waals surface area contributed by atoms with Gasteiger partial charge in [0.15, 0.2) is 0 Å². The molecular weight excluding hydrogens is 496 g/mol. The molecule has 0 aromatic carbocycles. The van der Waals surface area contributed by atoms with Crippen molar-refractivity contribution in [2.75, 3.05) is 5.73 Å². The van der Waals surface area contributed by atoms with E-state index in [1.807, 2.05) is 13.8 Å². The Morgan fingerprint density at radius 3 is 1.53 bits per heavy atom. The van der Waals surface area contributed by atoms with Crippen LogP contribution in [0.2, 0.25) is 0 Å². The standard InChI is InChI=1S/C8H10N2O3.C8H12N2O.C5H4N2O3.C4H10/c1-6(2)9-5-3-4-7(8(9)11)10(12)13;1-6(2)10-5-3-4-7(9)8(10)11;8-5-4(7(9)10)2-1-3-6-5;1-4(2)3/h3-6H,1-2H3;3-6H,9H2,1-2H3;1-3H,(H,6,8);4H,1-3H3. The maximum absolute atomic E-state index is 11.4. The van der Waals surface area contributed by atoms with Gasteiger partial charge in [0, 0.05) is 42.8 Å². The quantitative estimate of drug-likeness (QED) is 0.367. The van der Waals surface area contributed by atoms with Crippen LogP contribution in [-0.2, 0) is 0 Å². The summed E-state index contributed by atoms with van der Waals surface area (Å²) in [6, 6.07) is 8.76. The van der Waals surface area contributed by atoms with Crippen LogP contribution in [0.15, 0.2) is 69.4 Å². The molecule has 0 aliphatic carbocycles. The Labute approximate surface area is 219 Å². The number of nitrogens with two attached hydrogens (primary N) is 1. The van der Waals surface area contributed by atoms with E-state index < -0.39 is 26.7 Å². The van der Waals surface area contributed by atoms with Crippen LogP contribution in [0.4, 0.5) is 17.1 Å². The van der Waals surface area contributed by atoms with E-state index in [9.17, 15) is 34.6 Å². The zero-order valence-corrected chi connectivity index (χ0v) is 22.7. The van der Waals surface area contributed by atoms with Gasteiger partial charge < -0.3 is 19.9 Å². The lowest BCUT2D eigenvalue weighted by atomic mass is 10.3. The summed E-state index contributed by atoms with van der Waals surface area (Å²) >= 11 is 0. The molecule has 3 N–H and O–H groups in total. The Morgan fingerprint density at radius 2 is 1.16 bits per heavy atom. The number of aromatic nitrogens is 3. The maximum atomic E-state index is 11.4. The van der Waals surface area contributed by atoms with E-state index in [2.05, 4.69) is 25.8 Å². The largest absolute Gasteiger partial charge is 0.394 e. The summed E-state index contributed by atoms with van der Waals surface area (Å²) in [6.45, 7) is 14.0. The third kappa shape index (κ3) is 11.5. The zero-order chi connectivity index (χ0) is 29.6. The molecular formula is C25H36N6O7. The minimum absolute atomic E-state index is 0.0626. The average molecular weight is 533 g/mol. The van der Waals surface area contributed by atoms with Crippen LogP contribution in [0.25, 0.3) is 0 Å². The first-order chi connectivity index (χ1) is 17.6. The molecule has 0 aliphatic rings. The Morgan fingerprint density at radius 1 is 0.737 bits per heavy atom. The van der Waals surface area contributed by atoms with E-state index in [-0.39, 0.29) is 23.3 Å². The Hall–Kier alpha value is -4.55. The van der Waals surface area contributed by atoms with E-state index in [1.54, 1.807) is 42.9 Å². The van der Waals surface area contributed by atoms with Gasteiger partial charge in [-0.1, -0.05) is 20.8 Å². The van der Waals surface area contributed by atoms with Crippen LogP contribution >= 0.6 is 0 Å². The van der Waals surface area contributed by atoms with Crippen molar-refractivity contribution in [3.63, 3.8) is 0 Å². The normalized spacial score (nSPS) is 9.95. The number of hydrogen-bond acceptors (Lipinski definition) is 8. The van der Waals surface area contributed by atoms with Crippen molar-refractivity contribution in [2.24, 2.45) is 5.92 Å². The van der Waals surface area contributed by atoms with Crippen LogP contribution in [0.5, 0.6) is 0 Å². The molecule has 3 heterocycles. The fourth-order valence-electron chi connectivity index (χ4n) is 2.53. The van der Waals surface area contributed by atoms with E-state index in [4.69, 9.17) is 5.73 Å². The Bertz CT molecular complexity index is 1350. The lowest BCUT2D eigenvalue weighted by Gasteiger charge is -2.08. The van der Waals surface area contributed by atoms with Gasteiger partial charge in [-0.2, -0.15) is 0 Å². The number of nitrogen functional groups attached to an aromatic ring is 1. The minimum atomic E-state index is -0.723. The number of H-pyrrole nitrogens is 1. The summed E-state index contributed by atoms with van der Waals surface area (Å²) < 4.78 is 2.94. The second kappa shape index (κ2) is 16.2. The monoisotopic (exact) mass is 532 g/mol. The van der Waals surface area contributed by atoms with Crippen molar-refractivity contribution in [1.29, 1.82) is 0 Å². The molecule has 0 atom stereocenters. The van der Waals surface area contributed by atoms with Crippen LogP contribution in [-0.4, -0.2) is 24.0 Å². The third-order valence-corrected chi connectivity index (χ3v) is 4.26. The fraction of sp³-hybridized carbons (Fsp3) is 0.400. The molecule has 0 unspecified atom stereocenters. The smallest absolute Gasteiger partial charge is 0.334 e. The molecule has 38 heavy (non-hydrogen) atoms. The molecule has 3 aromatic rings. The van der Waals surface area contributed by atoms with Crippen molar-refractivity contribution < 1.29 is 9.85 Å². The highest BCUT2D eigenvalue weighted by Gasteiger charge is 2.14. The highest BCUT2D eigenvalue weighted by Crippen LogP contribution is 2.06. The maximum Gasteiger partial charge on any atom is 0.334 e. The topological polar surface area (TPSA) is 189 Å². The molecule has 0 spiro atoms. The van der Waals surface area contributed by atoms with Crippen LogP contribution in [0.3, 0.4) is 0 Å². The van der Waals surface area contributed by atoms with Gasteiger partial charge in [0.25, 0.3) is 5.56 Å². The van der Waals surface area contributed by atoms with E-state index in [0.29, 0.717) is 5.69 Å². The van der Waals surface area contributed by atoms with Crippen molar-refractivity contribution in [3.05, 3.63) is 106 Å². The summed E-state index contributed by atoms with van der Waals surface area (Å²) in [5, 5.41) is 20.4. The first-order valence-corrected chi connectivity index (χ1v) is 11.8. The van der Waals surface area contributed by atoms with Gasteiger partial charge in [-0.25, -0.2) is 0 Å². The molecule has 0 saturated heterocycles. The number of anilines is 1. The predicted molar refractivity (Wildman–Crippen MR) is 147 cm³/mol. The third-order valence-electron chi connectivity index (χ3n) is 4.26. The van der Waals surface area contributed by atoms with Crippen LogP contribution in [0.1, 0.15) is 60.5 Å². The SMILES string of the molecule is CC(C)C.CC(C)n1cccc(N)c1=O.CC(C)n1cccc([N+](=O)[O-])c1=O.O=c1[nH]cccc1[N+](=O)[O-]. The van der Waals surface area contributed by atoms with Crippen LogP contribution < -0.4 is 22.4 Å². The van der Waals surface area contributed by atoms with Gasteiger partial charge in [-0.05, 0) is 57.9 Å². The van der Waals surface area contributed by atoms with Crippen molar-refractivity contribution in [3.8, 4) is 0 Å². The number of nitro groups is 2. The molecule has 0 amide bonds. The second-order valence-electron chi connectivity index (χ2n) is 9.10. The average Bonchev–Trinajstić information content (AvgIpc) is 2.81. The molecule has 3 rings (SSSR count). The van der Waals surface area contributed by atoms with Gasteiger partial charge in [0.05, 0.1) is 15.5 Å². The highest BCUT2D eigenvalue weighted by molar-refractivity contribution is 5.33. The van der Waals surface area contributed by atoms with Gasteiger partial charge in [0.2, 0.25) is 0 Å². The van der Waals surface area contributed by atoms with Gasteiger partial charge in [0.1, 0.15) is 0 Å². The summed E-state index contributed by atoms with van der Waals surface area (Å²) in [4.78, 5) is 54.4. The number of hydrogen-bond donors (Lipinski definition) is 2. The first-order valence-electron chi connectivity index (χ1n) is 11.8. The number of pyridine rings is 3. The Balaban J connectivity index is 0.000000508. The molecule has 0 saturated carbocycles. The predicted octanol–water partition coefficient (Wildman–Crippen LogP) is 4.29. The molecule has 0 fully saturated rings. The summed E-state index contributed by atoms with van der Waals surface area (Å²) in [6.07, 6.45) is 4.62. The number of aromatic amines is 1. The summed E-state index contributed by atoms with van der Waals surface area (Å²) in [5.41, 5.74) is 3.59. The van der Waals surface area contributed by atoms with Crippen molar-refractivity contribution in [2.45, 2.75) is 60.5 Å².